The molecule has 0 aliphatic heterocycles. The first kappa shape index (κ1) is 19.3. The van der Waals surface area contributed by atoms with Gasteiger partial charge in [0.25, 0.3) is 0 Å². The fourth-order valence-corrected chi connectivity index (χ4v) is 3.31. The lowest BCUT2D eigenvalue weighted by molar-refractivity contribution is 0.105. The van der Waals surface area contributed by atoms with Gasteiger partial charge in [-0.05, 0) is 19.1 Å². The first-order valence-corrected chi connectivity index (χ1v) is 9.47. The largest absolute Gasteiger partial charge is 0.394 e. The van der Waals surface area contributed by atoms with Gasteiger partial charge in [0.15, 0.2) is 11.5 Å². The summed E-state index contributed by atoms with van der Waals surface area (Å²) in [5, 5.41) is 26.7. The summed E-state index contributed by atoms with van der Waals surface area (Å²) >= 11 is 6.31. The SMILES string of the molecule is C[C@H](Nc1ncnc2[nH]cnc12)c1cc2cccc(Cl)c2nc1NC[C@@H](O)CO. The van der Waals surface area contributed by atoms with E-state index >= 15 is 0 Å². The molecule has 3 heterocycles. The highest BCUT2D eigenvalue weighted by Crippen LogP contribution is 2.31. The molecule has 0 bridgehead atoms. The number of hydrogen-bond donors (Lipinski definition) is 5. The molecule has 0 spiro atoms. The monoisotopic (exact) mass is 413 g/mol. The number of rotatable bonds is 7. The van der Waals surface area contributed by atoms with Gasteiger partial charge in [-0.2, -0.15) is 0 Å². The summed E-state index contributed by atoms with van der Waals surface area (Å²) in [5.74, 6) is 1.15. The number of aliphatic hydroxyl groups excluding tert-OH is 2. The third-order valence-corrected chi connectivity index (χ3v) is 4.88. The molecule has 4 rings (SSSR count). The zero-order valence-corrected chi connectivity index (χ0v) is 16.4. The molecule has 9 nitrogen and oxygen atoms in total. The number of hydrogen-bond acceptors (Lipinski definition) is 8. The highest BCUT2D eigenvalue weighted by atomic mass is 35.5. The lowest BCUT2D eigenvalue weighted by Gasteiger charge is -2.20. The standard InChI is InChI=1S/C19H20ClN7O2/c1-10(26-19-16-18(23-8-22-16)24-9-25-19)13-5-11-3-2-4-14(20)15(11)27-17(13)21-6-12(29)7-28/h2-5,8-10,12,28-29H,6-7H2,1H3,(H,21,27)(H2,22,23,24,25,26)/t10-,12+/m0/s1. The zero-order valence-electron chi connectivity index (χ0n) is 15.6. The van der Waals surface area contributed by atoms with Gasteiger partial charge in [-0.15, -0.1) is 0 Å². The van der Waals surface area contributed by atoms with Crippen molar-refractivity contribution in [1.82, 2.24) is 24.9 Å². The number of nitrogens with one attached hydrogen (secondary N) is 3. The summed E-state index contributed by atoms with van der Waals surface area (Å²) in [6, 6.07) is 7.37. The minimum absolute atomic E-state index is 0.149. The van der Waals surface area contributed by atoms with Gasteiger partial charge in [0, 0.05) is 17.5 Å². The number of nitrogens with zero attached hydrogens (tertiary/aromatic N) is 4. The number of anilines is 2. The van der Waals surface area contributed by atoms with Crippen LogP contribution < -0.4 is 10.6 Å². The third kappa shape index (κ3) is 3.93. The van der Waals surface area contributed by atoms with Crippen LogP contribution in [0.5, 0.6) is 0 Å². The van der Waals surface area contributed by atoms with E-state index in [0.717, 1.165) is 10.9 Å². The van der Waals surface area contributed by atoms with Crippen molar-refractivity contribution in [2.24, 2.45) is 0 Å². The Bertz CT molecular complexity index is 1150. The molecular weight excluding hydrogens is 394 g/mol. The van der Waals surface area contributed by atoms with Crippen molar-refractivity contribution < 1.29 is 10.2 Å². The normalized spacial score (nSPS) is 13.5. The van der Waals surface area contributed by atoms with Crippen LogP contribution in [-0.2, 0) is 0 Å². The lowest BCUT2D eigenvalue weighted by Crippen LogP contribution is -2.24. The maximum atomic E-state index is 9.74. The summed E-state index contributed by atoms with van der Waals surface area (Å²) in [6.07, 6.45) is 2.13. The van der Waals surface area contributed by atoms with E-state index in [0.29, 0.717) is 33.3 Å². The fourth-order valence-electron chi connectivity index (χ4n) is 3.08. The van der Waals surface area contributed by atoms with Crippen LogP contribution in [0.4, 0.5) is 11.6 Å². The Morgan fingerprint density at radius 1 is 1.17 bits per heavy atom. The molecule has 5 N–H and O–H groups in total. The minimum atomic E-state index is -0.902. The van der Waals surface area contributed by atoms with Crippen molar-refractivity contribution in [3.8, 4) is 0 Å². The number of pyridine rings is 1. The van der Waals surface area contributed by atoms with E-state index in [4.69, 9.17) is 16.7 Å². The van der Waals surface area contributed by atoms with Gasteiger partial charge in [0.05, 0.1) is 35.6 Å². The molecule has 150 valence electrons. The van der Waals surface area contributed by atoms with E-state index < -0.39 is 6.10 Å². The topological polar surface area (TPSA) is 132 Å². The maximum Gasteiger partial charge on any atom is 0.162 e. The summed E-state index contributed by atoms with van der Waals surface area (Å²) in [4.78, 5) is 20.3. The van der Waals surface area contributed by atoms with E-state index in [1.807, 2.05) is 25.1 Å². The lowest BCUT2D eigenvalue weighted by atomic mass is 10.1. The molecule has 0 amide bonds. The van der Waals surface area contributed by atoms with Crippen LogP contribution in [0.25, 0.3) is 22.1 Å². The number of aromatic amines is 1. The van der Waals surface area contributed by atoms with Crippen molar-refractivity contribution in [1.29, 1.82) is 0 Å². The molecule has 4 aromatic rings. The van der Waals surface area contributed by atoms with Crippen LogP contribution in [0.3, 0.4) is 0 Å². The number of halogens is 1. The highest BCUT2D eigenvalue weighted by molar-refractivity contribution is 6.35. The van der Waals surface area contributed by atoms with Crippen molar-refractivity contribution in [3.63, 3.8) is 0 Å². The predicted molar refractivity (Wildman–Crippen MR) is 112 cm³/mol. The second-order valence-electron chi connectivity index (χ2n) is 6.64. The van der Waals surface area contributed by atoms with Crippen LogP contribution in [0.1, 0.15) is 18.5 Å². The van der Waals surface area contributed by atoms with Crippen molar-refractivity contribution in [2.45, 2.75) is 19.1 Å². The molecule has 0 radical (unpaired) electrons. The van der Waals surface area contributed by atoms with Gasteiger partial charge >= 0.3 is 0 Å². The zero-order chi connectivity index (χ0) is 20.4. The smallest absolute Gasteiger partial charge is 0.162 e. The minimum Gasteiger partial charge on any atom is -0.394 e. The molecule has 29 heavy (non-hydrogen) atoms. The second-order valence-corrected chi connectivity index (χ2v) is 7.05. The number of H-pyrrole nitrogens is 1. The summed E-state index contributed by atoms with van der Waals surface area (Å²) < 4.78 is 0. The Labute approximate surface area is 171 Å². The van der Waals surface area contributed by atoms with Crippen molar-refractivity contribution in [3.05, 3.63) is 47.5 Å². The summed E-state index contributed by atoms with van der Waals surface area (Å²) in [5.41, 5.74) is 2.79. The highest BCUT2D eigenvalue weighted by Gasteiger charge is 2.18. The average molecular weight is 414 g/mol. The number of aliphatic hydroxyl groups is 2. The average Bonchev–Trinajstić information content (AvgIpc) is 3.21. The summed E-state index contributed by atoms with van der Waals surface area (Å²) in [7, 11) is 0. The van der Waals surface area contributed by atoms with Gasteiger partial charge < -0.3 is 25.8 Å². The van der Waals surface area contributed by atoms with Crippen LogP contribution >= 0.6 is 11.6 Å². The molecule has 0 aliphatic carbocycles. The molecule has 1 aromatic carbocycles. The number of fused-ring (bicyclic) bond motifs is 2. The van der Waals surface area contributed by atoms with Gasteiger partial charge in [-0.3, -0.25) is 0 Å². The Morgan fingerprint density at radius 3 is 2.86 bits per heavy atom. The number of para-hydroxylation sites is 1. The Hall–Kier alpha value is -3.01. The molecule has 0 unspecified atom stereocenters. The Morgan fingerprint density at radius 2 is 2.03 bits per heavy atom. The molecule has 2 atom stereocenters. The van der Waals surface area contributed by atoms with Crippen molar-refractivity contribution >= 4 is 45.3 Å². The molecule has 10 heteroatoms. The summed E-state index contributed by atoms with van der Waals surface area (Å²) in [6.45, 7) is 1.78. The van der Waals surface area contributed by atoms with Gasteiger partial charge in [0.1, 0.15) is 17.7 Å². The van der Waals surface area contributed by atoms with E-state index in [9.17, 15) is 5.11 Å². The van der Waals surface area contributed by atoms with Gasteiger partial charge in [-0.25, -0.2) is 19.9 Å². The molecule has 0 fully saturated rings. The van der Waals surface area contributed by atoms with E-state index in [2.05, 4.69) is 35.6 Å². The Balaban J connectivity index is 1.72. The molecule has 0 saturated heterocycles. The molecular formula is C19H20ClN7O2. The van der Waals surface area contributed by atoms with E-state index in [1.54, 1.807) is 12.4 Å². The molecule has 3 aromatic heterocycles. The predicted octanol–water partition coefficient (Wildman–Crippen LogP) is 2.49. The maximum absolute atomic E-state index is 9.74. The second kappa shape index (κ2) is 8.16. The third-order valence-electron chi connectivity index (χ3n) is 4.58. The van der Waals surface area contributed by atoms with Crippen LogP contribution in [-0.4, -0.2) is 54.4 Å². The Kier molecular flexibility index (Phi) is 5.43. The first-order valence-electron chi connectivity index (χ1n) is 9.09. The van der Waals surface area contributed by atoms with Gasteiger partial charge in [-0.1, -0.05) is 23.7 Å². The van der Waals surface area contributed by atoms with E-state index in [-0.39, 0.29) is 19.2 Å². The fraction of sp³-hybridized carbons (Fsp3) is 0.263. The molecule has 0 aliphatic rings. The van der Waals surface area contributed by atoms with Gasteiger partial charge in [0.2, 0.25) is 0 Å². The van der Waals surface area contributed by atoms with Crippen LogP contribution in [0, 0.1) is 0 Å². The van der Waals surface area contributed by atoms with Crippen molar-refractivity contribution in [2.75, 3.05) is 23.8 Å². The quantitative estimate of drug-likeness (QED) is 0.312. The molecule has 0 saturated carbocycles. The van der Waals surface area contributed by atoms with Crippen LogP contribution in [0.2, 0.25) is 5.02 Å². The number of aromatic nitrogens is 5. The van der Waals surface area contributed by atoms with E-state index in [1.165, 1.54) is 6.33 Å². The number of benzene rings is 1. The number of imidazole rings is 1. The first-order chi connectivity index (χ1) is 14.1. The van der Waals surface area contributed by atoms with Crippen LogP contribution in [0.15, 0.2) is 36.9 Å².